The molecule has 5 nitrogen and oxygen atoms in total. The molecule has 1 aliphatic heterocycles. The van der Waals surface area contributed by atoms with E-state index in [1.165, 1.54) is 12.8 Å². The topological polar surface area (TPSA) is 64.6 Å². The molecular formula is C16H33N3O2. The van der Waals surface area contributed by atoms with Crippen molar-refractivity contribution in [1.82, 2.24) is 15.5 Å². The summed E-state index contributed by atoms with van der Waals surface area (Å²) in [6.45, 7) is 11.5. The van der Waals surface area contributed by atoms with Crippen molar-refractivity contribution in [2.45, 2.75) is 59.0 Å². The Morgan fingerprint density at radius 1 is 1.38 bits per heavy atom. The van der Waals surface area contributed by atoms with Gasteiger partial charge in [0.1, 0.15) is 0 Å². The maximum Gasteiger partial charge on any atom is 0.315 e. The number of piperidine rings is 1. The molecule has 21 heavy (non-hydrogen) atoms. The third-order valence-electron chi connectivity index (χ3n) is 4.18. The lowest BCUT2D eigenvalue weighted by molar-refractivity contribution is 0.137. The Labute approximate surface area is 129 Å². The average molecular weight is 299 g/mol. The molecule has 0 bridgehead atoms. The van der Waals surface area contributed by atoms with Crippen LogP contribution >= 0.6 is 0 Å². The van der Waals surface area contributed by atoms with Crippen LogP contribution in [0.2, 0.25) is 0 Å². The molecule has 0 aromatic heterocycles. The summed E-state index contributed by atoms with van der Waals surface area (Å²) in [7, 11) is 0. The summed E-state index contributed by atoms with van der Waals surface area (Å²) in [5, 5.41) is 15.1. The number of aliphatic hydroxyl groups excluding tert-OH is 1. The minimum Gasteiger partial charge on any atom is -0.394 e. The zero-order chi connectivity index (χ0) is 15.8. The van der Waals surface area contributed by atoms with Crippen molar-refractivity contribution in [2.24, 2.45) is 11.8 Å². The minimum absolute atomic E-state index is 0.00913. The number of urea groups is 1. The number of likely N-dealkylation sites (tertiary alicyclic amines) is 1. The normalized spacial score (nSPS) is 22.9. The molecule has 1 aliphatic rings. The number of carbonyl (C=O) groups excluding carboxylic acids is 1. The van der Waals surface area contributed by atoms with Crippen LogP contribution in [0, 0.1) is 11.8 Å². The Hall–Kier alpha value is -0.810. The Bertz CT molecular complexity index is 310. The van der Waals surface area contributed by atoms with Crippen LogP contribution in [-0.4, -0.2) is 54.4 Å². The second-order valence-electron chi connectivity index (χ2n) is 6.95. The predicted octanol–water partition coefficient (Wildman–Crippen LogP) is 1.81. The summed E-state index contributed by atoms with van der Waals surface area (Å²) in [6.07, 6.45) is 3.35. The van der Waals surface area contributed by atoms with Crippen LogP contribution in [-0.2, 0) is 0 Å². The zero-order valence-corrected chi connectivity index (χ0v) is 14.1. The fourth-order valence-electron chi connectivity index (χ4n) is 2.98. The Morgan fingerprint density at radius 3 is 2.67 bits per heavy atom. The van der Waals surface area contributed by atoms with Crippen LogP contribution in [0.15, 0.2) is 0 Å². The van der Waals surface area contributed by atoms with E-state index in [2.05, 4.69) is 43.2 Å². The van der Waals surface area contributed by atoms with Crippen LogP contribution < -0.4 is 10.6 Å². The molecule has 1 fully saturated rings. The van der Waals surface area contributed by atoms with Gasteiger partial charge in [-0.25, -0.2) is 4.79 Å². The van der Waals surface area contributed by atoms with Crippen molar-refractivity contribution in [3.63, 3.8) is 0 Å². The van der Waals surface area contributed by atoms with Gasteiger partial charge < -0.3 is 15.7 Å². The van der Waals surface area contributed by atoms with E-state index in [9.17, 15) is 9.90 Å². The first-order valence-electron chi connectivity index (χ1n) is 8.31. The Kier molecular flexibility index (Phi) is 8.04. The number of nitrogens with one attached hydrogen (secondary N) is 2. The molecule has 0 aromatic rings. The zero-order valence-electron chi connectivity index (χ0n) is 14.1. The van der Waals surface area contributed by atoms with Gasteiger partial charge in [-0.2, -0.15) is 0 Å². The first-order chi connectivity index (χ1) is 9.92. The lowest BCUT2D eigenvalue weighted by Gasteiger charge is -2.35. The van der Waals surface area contributed by atoms with Gasteiger partial charge in [0.2, 0.25) is 0 Å². The Morgan fingerprint density at radius 2 is 2.10 bits per heavy atom. The lowest BCUT2D eigenvalue weighted by atomic mass is 9.99. The van der Waals surface area contributed by atoms with Gasteiger partial charge in [0, 0.05) is 19.1 Å². The molecule has 0 spiro atoms. The standard InChI is InChI=1S/C16H33N3O2/c1-12(2)8-15(11-20)18-16(21)17-9-14(4)19-7-5-6-13(3)10-19/h12-15,20H,5-11H2,1-4H3,(H2,17,18,21). The molecule has 1 saturated heterocycles. The average Bonchev–Trinajstić information content (AvgIpc) is 2.43. The van der Waals surface area contributed by atoms with Gasteiger partial charge in [-0.15, -0.1) is 0 Å². The van der Waals surface area contributed by atoms with Crippen LogP contribution in [0.4, 0.5) is 4.79 Å². The second kappa shape index (κ2) is 9.26. The number of amides is 2. The summed E-state index contributed by atoms with van der Waals surface area (Å²) in [5.41, 5.74) is 0. The van der Waals surface area contributed by atoms with Crippen molar-refractivity contribution in [3.8, 4) is 0 Å². The number of rotatable bonds is 7. The molecule has 1 rings (SSSR count). The summed E-state index contributed by atoms with van der Waals surface area (Å²) in [6, 6.07) is 0.0260. The third-order valence-corrected chi connectivity index (χ3v) is 4.18. The van der Waals surface area contributed by atoms with Crippen molar-refractivity contribution >= 4 is 6.03 Å². The number of nitrogens with zero attached hydrogens (tertiary/aromatic N) is 1. The number of carbonyl (C=O) groups is 1. The van der Waals surface area contributed by atoms with Crippen LogP contribution in [0.5, 0.6) is 0 Å². The fraction of sp³-hybridized carbons (Fsp3) is 0.938. The molecule has 124 valence electrons. The summed E-state index contributed by atoms with van der Waals surface area (Å²) in [4.78, 5) is 14.3. The lowest BCUT2D eigenvalue weighted by Crippen LogP contribution is -2.50. The van der Waals surface area contributed by atoms with Crippen LogP contribution in [0.3, 0.4) is 0 Å². The molecule has 5 heteroatoms. The first kappa shape index (κ1) is 18.2. The molecule has 3 atom stereocenters. The van der Waals surface area contributed by atoms with Crippen molar-refractivity contribution < 1.29 is 9.90 Å². The van der Waals surface area contributed by atoms with E-state index in [4.69, 9.17) is 0 Å². The molecule has 1 heterocycles. The highest BCUT2D eigenvalue weighted by molar-refractivity contribution is 5.74. The van der Waals surface area contributed by atoms with E-state index in [1.807, 2.05) is 0 Å². The van der Waals surface area contributed by atoms with Gasteiger partial charge in [-0.05, 0) is 44.6 Å². The second-order valence-corrected chi connectivity index (χ2v) is 6.95. The molecule has 3 unspecified atom stereocenters. The van der Waals surface area contributed by atoms with E-state index in [-0.39, 0.29) is 18.7 Å². The first-order valence-corrected chi connectivity index (χ1v) is 8.31. The van der Waals surface area contributed by atoms with Crippen LogP contribution in [0.1, 0.15) is 47.0 Å². The number of aliphatic hydroxyl groups is 1. The summed E-state index contributed by atoms with van der Waals surface area (Å²) >= 11 is 0. The van der Waals surface area contributed by atoms with E-state index in [1.54, 1.807) is 0 Å². The largest absolute Gasteiger partial charge is 0.394 e. The number of hydrogen-bond acceptors (Lipinski definition) is 3. The highest BCUT2D eigenvalue weighted by Crippen LogP contribution is 2.17. The molecular weight excluding hydrogens is 266 g/mol. The Balaban J connectivity index is 2.28. The monoisotopic (exact) mass is 299 g/mol. The predicted molar refractivity (Wildman–Crippen MR) is 86.3 cm³/mol. The van der Waals surface area contributed by atoms with Gasteiger partial charge in [0.05, 0.1) is 12.6 Å². The molecule has 3 N–H and O–H groups in total. The van der Waals surface area contributed by atoms with E-state index in [0.717, 1.165) is 25.4 Å². The van der Waals surface area contributed by atoms with Crippen molar-refractivity contribution in [3.05, 3.63) is 0 Å². The van der Waals surface area contributed by atoms with Gasteiger partial charge in [-0.1, -0.05) is 20.8 Å². The third kappa shape index (κ3) is 7.14. The number of hydrogen-bond donors (Lipinski definition) is 3. The fourth-order valence-corrected chi connectivity index (χ4v) is 2.98. The SMILES string of the molecule is CC(C)CC(CO)NC(=O)NCC(C)N1CCCC(C)C1. The van der Waals surface area contributed by atoms with Gasteiger partial charge in [0.15, 0.2) is 0 Å². The van der Waals surface area contributed by atoms with E-state index >= 15 is 0 Å². The van der Waals surface area contributed by atoms with Gasteiger partial charge >= 0.3 is 6.03 Å². The summed E-state index contributed by atoms with van der Waals surface area (Å²) in [5.74, 6) is 1.20. The maximum absolute atomic E-state index is 11.9. The smallest absolute Gasteiger partial charge is 0.315 e. The molecule has 0 saturated carbocycles. The molecule has 0 aromatic carbocycles. The maximum atomic E-state index is 11.9. The highest BCUT2D eigenvalue weighted by Gasteiger charge is 2.21. The quantitative estimate of drug-likeness (QED) is 0.672. The summed E-state index contributed by atoms with van der Waals surface area (Å²) < 4.78 is 0. The minimum atomic E-state index is -0.174. The van der Waals surface area contributed by atoms with E-state index < -0.39 is 0 Å². The van der Waals surface area contributed by atoms with Crippen molar-refractivity contribution in [2.75, 3.05) is 26.2 Å². The molecule has 0 radical (unpaired) electrons. The van der Waals surface area contributed by atoms with Crippen LogP contribution in [0.25, 0.3) is 0 Å². The van der Waals surface area contributed by atoms with E-state index in [0.29, 0.717) is 18.5 Å². The van der Waals surface area contributed by atoms with Gasteiger partial charge in [-0.3, -0.25) is 4.90 Å². The van der Waals surface area contributed by atoms with Crippen molar-refractivity contribution in [1.29, 1.82) is 0 Å². The van der Waals surface area contributed by atoms with Gasteiger partial charge in [0.25, 0.3) is 0 Å². The highest BCUT2D eigenvalue weighted by atomic mass is 16.3. The molecule has 2 amide bonds. The molecule has 0 aliphatic carbocycles.